The van der Waals surface area contributed by atoms with Gasteiger partial charge in [-0.3, -0.25) is 0 Å². The summed E-state index contributed by atoms with van der Waals surface area (Å²) in [6.45, 7) is 2.34. The second kappa shape index (κ2) is 7.78. The number of halogens is 2. The van der Waals surface area contributed by atoms with Crippen LogP contribution < -0.4 is 5.32 Å². The fraction of sp³-hybridized carbons (Fsp3) is 0.357. The SMILES string of the molecule is COCCNCCc1ncc(-c2ccc(Cl)cc2Br)o1. The number of hydrogen-bond donors (Lipinski definition) is 1. The quantitative estimate of drug-likeness (QED) is 0.768. The van der Waals surface area contributed by atoms with E-state index in [0.717, 1.165) is 35.3 Å². The standard InChI is InChI=1S/C14H16BrClN2O2/c1-19-7-6-17-5-4-14-18-9-13(20-14)11-3-2-10(16)8-12(11)15/h2-3,8-9,17H,4-7H2,1H3. The predicted octanol–water partition coefficient (Wildman–Crippen LogP) is 3.54. The molecular weight excluding hydrogens is 344 g/mol. The largest absolute Gasteiger partial charge is 0.441 e. The number of nitrogens with zero attached hydrogens (tertiary/aromatic N) is 1. The zero-order valence-corrected chi connectivity index (χ0v) is 13.5. The van der Waals surface area contributed by atoms with Crippen molar-refractivity contribution >= 4 is 27.5 Å². The van der Waals surface area contributed by atoms with Gasteiger partial charge in [-0.1, -0.05) is 11.6 Å². The van der Waals surface area contributed by atoms with Crippen LogP contribution in [0.25, 0.3) is 11.3 Å². The Morgan fingerprint density at radius 3 is 3.00 bits per heavy atom. The number of methoxy groups -OCH3 is 1. The van der Waals surface area contributed by atoms with Crippen LogP contribution in [0.1, 0.15) is 5.89 Å². The first-order valence-electron chi connectivity index (χ1n) is 6.30. The van der Waals surface area contributed by atoms with Gasteiger partial charge in [-0.05, 0) is 34.1 Å². The second-order valence-electron chi connectivity index (χ2n) is 4.24. The van der Waals surface area contributed by atoms with E-state index in [4.69, 9.17) is 20.8 Å². The summed E-state index contributed by atoms with van der Waals surface area (Å²) in [7, 11) is 1.69. The highest BCUT2D eigenvalue weighted by Gasteiger charge is 2.09. The van der Waals surface area contributed by atoms with E-state index >= 15 is 0 Å². The lowest BCUT2D eigenvalue weighted by molar-refractivity contribution is 0.199. The molecule has 108 valence electrons. The van der Waals surface area contributed by atoms with Crippen molar-refractivity contribution in [3.8, 4) is 11.3 Å². The summed E-state index contributed by atoms with van der Waals surface area (Å²) in [4.78, 5) is 4.28. The second-order valence-corrected chi connectivity index (χ2v) is 5.53. The van der Waals surface area contributed by atoms with Crippen LogP contribution in [0, 0.1) is 0 Å². The molecule has 4 nitrogen and oxygen atoms in total. The Kier molecular flexibility index (Phi) is 6.04. The highest BCUT2D eigenvalue weighted by Crippen LogP contribution is 2.30. The minimum absolute atomic E-state index is 0.683. The van der Waals surface area contributed by atoms with Crippen LogP contribution in [0.4, 0.5) is 0 Å². The number of aromatic nitrogens is 1. The maximum absolute atomic E-state index is 5.93. The third-order valence-corrected chi connectivity index (χ3v) is 3.64. The van der Waals surface area contributed by atoms with Crippen LogP contribution in [0.15, 0.2) is 33.3 Å². The van der Waals surface area contributed by atoms with Crippen molar-refractivity contribution in [1.82, 2.24) is 10.3 Å². The van der Waals surface area contributed by atoms with Gasteiger partial charge in [0.2, 0.25) is 0 Å². The highest BCUT2D eigenvalue weighted by molar-refractivity contribution is 9.10. The van der Waals surface area contributed by atoms with Crippen molar-refractivity contribution in [2.45, 2.75) is 6.42 Å². The Bertz CT molecular complexity index is 560. The summed E-state index contributed by atoms with van der Waals surface area (Å²) in [5.41, 5.74) is 0.945. The summed E-state index contributed by atoms with van der Waals surface area (Å²) >= 11 is 9.40. The topological polar surface area (TPSA) is 47.3 Å². The number of benzene rings is 1. The zero-order chi connectivity index (χ0) is 14.4. The molecule has 0 saturated carbocycles. The summed E-state index contributed by atoms with van der Waals surface area (Å²) in [5, 5.41) is 3.93. The Labute approximate surface area is 131 Å². The van der Waals surface area contributed by atoms with Crippen molar-refractivity contribution in [3.05, 3.63) is 39.8 Å². The average Bonchev–Trinajstić information content (AvgIpc) is 2.87. The monoisotopic (exact) mass is 358 g/mol. The van der Waals surface area contributed by atoms with Gasteiger partial charge in [0.1, 0.15) is 0 Å². The molecule has 1 aromatic carbocycles. The Morgan fingerprint density at radius 1 is 1.40 bits per heavy atom. The fourth-order valence-corrected chi connectivity index (χ4v) is 2.61. The third-order valence-electron chi connectivity index (χ3n) is 2.75. The molecule has 2 rings (SSSR count). The van der Waals surface area contributed by atoms with E-state index in [2.05, 4.69) is 26.2 Å². The number of ether oxygens (including phenoxy) is 1. The molecule has 1 N–H and O–H groups in total. The molecule has 0 radical (unpaired) electrons. The molecule has 0 aliphatic carbocycles. The highest BCUT2D eigenvalue weighted by atomic mass is 79.9. The Hall–Kier alpha value is -0.880. The summed E-state index contributed by atoms with van der Waals surface area (Å²) in [6.07, 6.45) is 2.48. The average molecular weight is 360 g/mol. The molecule has 1 aromatic heterocycles. The molecule has 0 bridgehead atoms. The van der Waals surface area contributed by atoms with E-state index in [0.29, 0.717) is 17.5 Å². The molecule has 0 amide bonds. The van der Waals surface area contributed by atoms with Crippen LogP contribution in [0.2, 0.25) is 5.02 Å². The summed E-state index contributed by atoms with van der Waals surface area (Å²) < 4.78 is 11.6. The number of rotatable bonds is 7. The van der Waals surface area contributed by atoms with Crippen LogP contribution >= 0.6 is 27.5 Å². The summed E-state index contributed by atoms with van der Waals surface area (Å²) in [6, 6.07) is 5.58. The van der Waals surface area contributed by atoms with Crippen molar-refractivity contribution < 1.29 is 9.15 Å². The molecule has 0 aliphatic heterocycles. The summed E-state index contributed by atoms with van der Waals surface area (Å²) in [5.74, 6) is 1.45. The van der Waals surface area contributed by atoms with Crippen molar-refractivity contribution in [3.63, 3.8) is 0 Å². The molecule has 6 heteroatoms. The van der Waals surface area contributed by atoms with E-state index in [1.807, 2.05) is 18.2 Å². The van der Waals surface area contributed by atoms with Gasteiger partial charge in [-0.15, -0.1) is 0 Å². The van der Waals surface area contributed by atoms with Crippen molar-refractivity contribution in [2.75, 3.05) is 26.8 Å². The Balaban J connectivity index is 1.95. The first-order chi connectivity index (χ1) is 9.70. The van der Waals surface area contributed by atoms with Gasteiger partial charge in [0.15, 0.2) is 11.7 Å². The maximum Gasteiger partial charge on any atom is 0.196 e. The molecule has 0 spiro atoms. The number of nitrogens with one attached hydrogen (secondary N) is 1. The van der Waals surface area contributed by atoms with Gasteiger partial charge >= 0.3 is 0 Å². The normalized spacial score (nSPS) is 10.9. The van der Waals surface area contributed by atoms with E-state index in [1.165, 1.54) is 0 Å². The number of oxazole rings is 1. The van der Waals surface area contributed by atoms with E-state index in [-0.39, 0.29) is 0 Å². The molecule has 2 aromatic rings. The Morgan fingerprint density at radius 2 is 2.25 bits per heavy atom. The van der Waals surface area contributed by atoms with Crippen LogP contribution in [0.5, 0.6) is 0 Å². The molecule has 1 heterocycles. The van der Waals surface area contributed by atoms with Crippen LogP contribution in [0.3, 0.4) is 0 Å². The molecule has 0 fully saturated rings. The number of hydrogen-bond acceptors (Lipinski definition) is 4. The van der Waals surface area contributed by atoms with E-state index < -0.39 is 0 Å². The van der Waals surface area contributed by atoms with E-state index in [9.17, 15) is 0 Å². The minimum Gasteiger partial charge on any atom is -0.441 e. The molecule has 0 atom stereocenters. The van der Waals surface area contributed by atoms with Gasteiger partial charge in [0, 0.05) is 41.7 Å². The lowest BCUT2D eigenvalue weighted by atomic mass is 10.2. The smallest absolute Gasteiger partial charge is 0.196 e. The molecule has 0 saturated heterocycles. The van der Waals surface area contributed by atoms with Gasteiger partial charge < -0.3 is 14.5 Å². The molecule has 0 unspecified atom stereocenters. The molecule has 20 heavy (non-hydrogen) atoms. The fourth-order valence-electron chi connectivity index (χ4n) is 1.73. The van der Waals surface area contributed by atoms with Gasteiger partial charge in [0.25, 0.3) is 0 Å². The van der Waals surface area contributed by atoms with Gasteiger partial charge in [-0.2, -0.15) is 0 Å². The first kappa shape index (κ1) is 15.5. The van der Waals surface area contributed by atoms with E-state index in [1.54, 1.807) is 13.3 Å². The maximum atomic E-state index is 5.93. The lowest BCUT2D eigenvalue weighted by Gasteiger charge is -2.02. The molecular formula is C14H16BrClN2O2. The van der Waals surface area contributed by atoms with Crippen molar-refractivity contribution in [2.24, 2.45) is 0 Å². The predicted molar refractivity (Wildman–Crippen MR) is 83.1 cm³/mol. The minimum atomic E-state index is 0.683. The van der Waals surface area contributed by atoms with Crippen LogP contribution in [-0.4, -0.2) is 31.8 Å². The van der Waals surface area contributed by atoms with Crippen LogP contribution in [-0.2, 0) is 11.2 Å². The first-order valence-corrected chi connectivity index (χ1v) is 7.47. The lowest BCUT2D eigenvalue weighted by Crippen LogP contribution is -2.21. The zero-order valence-electron chi connectivity index (χ0n) is 11.2. The van der Waals surface area contributed by atoms with Gasteiger partial charge in [0.05, 0.1) is 12.8 Å². The third kappa shape index (κ3) is 4.31. The van der Waals surface area contributed by atoms with Gasteiger partial charge in [-0.25, -0.2) is 4.98 Å². The molecule has 0 aliphatic rings. The van der Waals surface area contributed by atoms with Crippen molar-refractivity contribution in [1.29, 1.82) is 0 Å².